The van der Waals surface area contributed by atoms with Gasteiger partial charge in [-0.05, 0) is 23.0 Å². The Morgan fingerprint density at radius 3 is 2.17 bits per heavy atom. The van der Waals surface area contributed by atoms with Crippen LogP contribution in [0.2, 0.25) is 0 Å². The molecule has 0 saturated heterocycles. The van der Waals surface area contributed by atoms with Gasteiger partial charge in [0, 0.05) is 0 Å². The SMILES string of the molecule is CONS(=O)(=O)CCc1ccc(C(C)(C)C)cc1. The van der Waals surface area contributed by atoms with Crippen molar-refractivity contribution < 1.29 is 13.3 Å². The van der Waals surface area contributed by atoms with Gasteiger partial charge in [-0.25, -0.2) is 8.42 Å². The van der Waals surface area contributed by atoms with Gasteiger partial charge in [0.1, 0.15) is 0 Å². The zero-order valence-electron chi connectivity index (χ0n) is 11.4. The van der Waals surface area contributed by atoms with E-state index in [0.717, 1.165) is 5.56 Å². The molecule has 0 unspecified atom stereocenters. The van der Waals surface area contributed by atoms with E-state index < -0.39 is 10.0 Å². The van der Waals surface area contributed by atoms with Gasteiger partial charge in [0.15, 0.2) is 0 Å². The minimum absolute atomic E-state index is 0.0235. The average molecular weight is 271 g/mol. The normalized spacial score (nSPS) is 12.7. The number of sulfonamides is 1. The zero-order chi connectivity index (χ0) is 13.8. The van der Waals surface area contributed by atoms with Gasteiger partial charge in [0.05, 0.1) is 12.9 Å². The van der Waals surface area contributed by atoms with Crippen molar-refractivity contribution >= 4 is 10.0 Å². The fraction of sp³-hybridized carbons (Fsp3) is 0.538. The maximum atomic E-state index is 11.4. The highest BCUT2D eigenvalue weighted by Crippen LogP contribution is 2.22. The molecule has 1 aromatic rings. The maximum absolute atomic E-state index is 11.4. The largest absolute Gasteiger partial charge is 0.290 e. The molecule has 0 atom stereocenters. The van der Waals surface area contributed by atoms with E-state index in [1.54, 1.807) is 0 Å². The Morgan fingerprint density at radius 1 is 1.17 bits per heavy atom. The molecule has 4 nitrogen and oxygen atoms in total. The smallest absolute Gasteiger partial charge is 0.233 e. The summed E-state index contributed by atoms with van der Waals surface area (Å²) in [5.41, 5.74) is 2.36. The number of hydrogen-bond donors (Lipinski definition) is 1. The van der Waals surface area contributed by atoms with Crippen LogP contribution in [0, 0.1) is 0 Å². The summed E-state index contributed by atoms with van der Waals surface area (Å²) in [6.07, 6.45) is 0.475. The van der Waals surface area contributed by atoms with Crippen molar-refractivity contribution in [1.82, 2.24) is 4.89 Å². The molecule has 0 amide bonds. The van der Waals surface area contributed by atoms with E-state index in [0.29, 0.717) is 6.42 Å². The van der Waals surface area contributed by atoms with Gasteiger partial charge >= 0.3 is 0 Å². The summed E-state index contributed by atoms with van der Waals surface area (Å²) in [5.74, 6) is 0.0235. The minimum atomic E-state index is -3.34. The van der Waals surface area contributed by atoms with Crippen molar-refractivity contribution in [3.05, 3.63) is 35.4 Å². The summed E-state index contributed by atoms with van der Waals surface area (Å²) >= 11 is 0. The van der Waals surface area contributed by atoms with Crippen molar-refractivity contribution in [3.8, 4) is 0 Å². The zero-order valence-corrected chi connectivity index (χ0v) is 12.2. The lowest BCUT2D eigenvalue weighted by molar-refractivity contribution is 0.153. The second kappa shape index (κ2) is 5.82. The molecule has 1 N–H and O–H groups in total. The average Bonchev–Trinajstić information content (AvgIpc) is 2.26. The quantitative estimate of drug-likeness (QED) is 0.833. The highest BCUT2D eigenvalue weighted by Gasteiger charge is 2.13. The van der Waals surface area contributed by atoms with Crippen molar-refractivity contribution in [3.63, 3.8) is 0 Å². The Labute approximate surface area is 109 Å². The van der Waals surface area contributed by atoms with Crippen LogP contribution in [0.4, 0.5) is 0 Å². The van der Waals surface area contributed by atoms with Gasteiger partial charge < -0.3 is 0 Å². The van der Waals surface area contributed by atoms with Crippen LogP contribution in [0.5, 0.6) is 0 Å². The second-order valence-corrected chi connectivity index (χ2v) is 7.11. The van der Waals surface area contributed by atoms with Crippen molar-refractivity contribution in [2.75, 3.05) is 12.9 Å². The molecule has 0 radical (unpaired) electrons. The van der Waals surface area contributed by atoms with Crippen LogP contribution in [-0.4, -0.2) is 21.3 Å². The third-order valence-electron chi connectivity index (χ3n) is 2.69. The van der Waals surface area contributed by atoms with E-state index in [9.17, 15) is 8.42 Å². The summed E-state index contributed by atoms with van der Waals surface area (Å²) in [7, 11) is -2.05. The molecule has 0 fully saturated rings. The first-order valence-electron chi connectivity index (χ1n) is 5.86. The molecule has 1 aromatic carbocycles. The van der Waals surface area contributed by atoms with Crippen LogP contribution in [0.15, 0.2) is 24.3 Å². The molecule has 5 heteroatoms. The Bertz CT molecular complexity index is 472. The molecular weight excluding hydrogens is 250 g/mol. The second-order valence-electron chi connectivity index (χ2n) is 5.30. The van der Waals surface area contributed by atoms with Crippen LogP contribution in [-0.2, 0) is 26.7 Å². The Hall–Kier alpha value is -0.910. The summed E-state index contributed by atoms with van der Waals surface area (Å²) in [5, 5.41) is 0. The van der Waals surface area contributed by atoms with Crippen molar-refractivity contribution in [1.29, 1.82) is 0 Å². The molecular formula is C13H21NO3S. The van der Waals surface area contributed by atoms with Crippen LogP contribution in [0.25, 0.3) is 0 Å². The molecule has 0 aromatic heterocycles. The molecule has 0 aliphatic carbocycles. The monoisotopic (exact) mass is 271 g/mol. The lowest BCUT2D eigenvalue weighted by atomic mass is 9.86. The third-order valence-corrected chi connectivity index (χ3v) is 3.85. The summed E-state index contributed by atoms with van der Waals surface area (Å²) < 4.78 is 22.8. The third kappa shape index (κ3) is 4.76. The van der Waals surface area contributed by atoms with Gasteiger partial charge in [-0.2, -0.15) is 0 Å². The van der Waals surface area contributed by atoms with Gasteiger partial charge in [0.25, 0.3) is 0 Å². The van der Waals surface area contributed by atoms with E-state index in [4.69, 9.17) is 0 Å². The van der Waals surface area contributed by atoms with Crippen LogP contribution >= 0.6 is 0 Å². The Balaban J connectivity index is 2.65. The summed E-state index contributed by atoms with van der Waals surface area (Å²) in [6, 6.07) is 8.04. The number of benzene rings is 1. The number of rotatable bonds is 5. The Kier molecular flexibility index (Phi) is 4.90. The predicted octanol–water partition coefficient (Wildman–Crippen LogP) is 2.01. The van der Waals surface area contributed by atoms with E-state index in [2.05, 4.69) is 25.6 Å². The maximum Gasteiger partial charge on any atom is 0.233 e. The molecule has 0 aliphatic heterocycles. The Morgan fingerprint density at radius 2 is 1.72 bits per heavy atom. The van der Waals surface area contributed by atoms with Crippen molar-refractivity contribution in [2.45, 2.75) is 32.6 Å². The van der Waals surface area contributed by atoms with Crippen LogP contribution in [0.1, 0.15) is 31.9 Å². The van der Waals surface area contributed by atoms with E-state index in [-0.39, 0.29) is 11.2 Å². The molecule has 0 heterocycles. The number of nitrogens with one attached hydrogen (secondary N) is 1. The molecule has 0 bridgehead atoms. The van der Waals surface area contributed by atoms with E-state index >= 15 is 0 Å². The molecule has 102 valence electrons. The van der Waals surface area contributed by atoms with Crippen molar-refractivity contribution in [2.24, 2.45) is 0 Å². The predicted molar refractivity (Wildman–Crippen MR) is 72.8 cm³/mol. The number of hydrogen-bond acceptors (Lipinski definition) is 3. The first-order valence-corrected chi connectivity index (χ1v) is 7.52. The highest BCUT2D eigenvalue weighted by atomic mass is 32.2. The fourth-order valence-corrected chi connectivity index (χ4v) is 2.43. The van der Waals surface area contributed by atoms with Crippen LogP contribution in [0.3, 0.4) is 0 Å². The lowest BCUT2D eigenvalue weighted by Gasteiger charge is -2.19. The molecule has 18 heavy (non-hydrogen) atoms. The standard InChI is InChI=1S/C13H21NO3S/c1-13(2,3)12-7-5-11(6-8-12)9-10-18(15,16)14-17-4/h5-8,14H,9-10H2,1-4H3. The first kappa shape index (κ1) is 15.1. The van der Waals surface area contributed by atoms with E-state index in [1.165, 1.54) is 12.7 Å². The number of aryl methyl sites for hydroxylation is 1. The molecule has 1 rings (SSSR count). The summed E-state index contributed by atoms with van der Waals surface area (Å²) in [4.78, 5) is 6.42. The minimum Gasteiger partial charge on any atom is -0.290 e. The highest BCUT2D eigenvalue weighted by molar-refractivity contribution is 7.89. The molecule has 0 saturated carbocycles. The lowest BCUT2D eigenvalue weighted by Crippen LogP contribution is -2.26. The van der Waals surface area contributed by atoms with E-state index in [1.807, 2.05) is 29.2 Å². The van der Waals surface area contributed by atoms with Gasteiger partial charge in [-0.3, -0.25) is 4.84 Å². The van der Waals surface area contributed by atoms with Gasteiger partial charge in [-0.15, -0.1) is 0 Å². The topological polar surface area (TPSA) is 55.4 Å². The van der Waals surface area contributed by atoms with Gasteiger partial charge in [-0.1, -0.05) is 49.9 Å². The summed E-state index contributed by atoms with van der Waals surface area (Å²) in [6.45, 7) is 6.44. The van der Waals surface area contributed by atoms with Crippen LogP contribution < -0.4 is 4.89 Å². The van der Waals surface area contributed by atoms with Gasteiger partial charge in [0.2, 0.25) is 10.0 Å². The molecule has 0 aliphatic rings. The molecule has 0 spiro atoms. The first-order chi connectivity index (χ1) is 8.24. The fourth-order valence-electron chi connectivity index (χ4n) is 1.59.